The van der Waals surface area contributed by atoms with Crippen LogP contribution >= 0.6 is 0 Å². The normalized spacial score (nSPS) is 31.6. The number of rotatable bonds is 1. The molecule has 0 aromatic carbocycles. The molecule has 0 amide bonds. The second-order valence-corrected chi connectivity index (χ2v) is 4.23. The number of nitrogens with zero attached hydrogens (tertiary/aromatic N) is 2. The van der Waals surface area contributed by atoms with Crippen molar-refractivity contribution < 1.29 is 17.7 Å². The second kappa shape index (κ2) is 3.73. The van der Waals surface area contributed by atoms with Gasteiger partial charge in [-0.1, -0.05) is 5.16 Å². The van der Waals surface area contributed by atoms with Crippen molar-refractivity contribution in [3.8, 4) is 0 Å². The summed E-state index contributed by atoms with van der Waals surface area (Å²) < 4.78 is 41.9. The van der Waals surface area contributed by atoms with Gasteiger partial charge in [0.2, 0.25) is 6.39 Å². The first-order valence-electron chi connectivity index (χ1n) is 5.04. The van der Waals surface area contributed by atoms with E-state index in [0.717, 1.165) is 6.39 Å². The Labute approximate surface area is 90.0 Å². The molecule has 1 aromatic heterocycles. The van der Waals surface area contributed by atoms with Crippen LogP contribution in [0, 0.1) is 5.92 Å². The monoisotopic (exact) mass is 235 g/mol. The molecule has 0 radical (unpaired) electrons. The van der Waals surface area contributed by atoms with Gasteiger partial charge >= 0.3 is 6.18 Å². The van der Waals surface area contributed by atoms with Crippen LogP contribution in [0.4, 0.5) is 13.2 Å². The molecular formula is C9H12F3N3O. The van der Waals surface area contributed by atoms with Crippen molar-refractivity contribution in [1.82, 2.24) is 10.1 Å². The van der Waals surface area contributed by atoms with Crippen molar-refractivity contribution >= 4 is 0 Å². The van der Waals surface area contributed by atoms with Crippen molar-refractivity contribution in [2.24, 2.45) is 11.7 Å². The maximum atomic E-state index is 12.4. The van der Waals surface area contributed by atoms with E-state index in [2.05, 4.69) is 14.7 Å². The number of hydrogen-bond donors (Lipinski definition) is 1. The van der Waals surface area contributed by atoms with Gasteiger partial charge in [-0.25, -0.2) is 0 Å². The molecule has 90 valence electrons. The minimum absolute atomic E-state index is 0.0224. The topological polar surface area (TPSA) is 64.9 Å². The average Bonchev–Trinajstić information content (AvgIpc) is 2.70. The van der Waals surface area contributed by atoms with Gasteiger partial charge in [0.15, 0.2) is 5.82 Å². The number of halogens is 3. The van der Waals surface area contributed by atoms with Crippen LogP contribution in [-0.4, -0.2) is 16.3 Å². The summed E-state index contributed by atoms with van der Waals surface area (Å²) >= 11 is 0. The fourth-order valence-corrected chi connectivity index (χ4v) is 2.07. The summed E-state index contributed by atoms with van der Waals surface area (Å²) in [6.45, 7) is 0. The quantitative estimate of drug-likeness (QED) is 0.808. The fourth-order valence-electron chi connectivity index (χ4n) is 2.07. The first-order valence-corrected chi connectivity index (χ1v) is 5.04. The van der Waals surface area contributed by atoms with Crippen molar-refractivity contribution in [2.45, 2.75) is 37.4 Å². The van der Waals surface area contributed by atoms with Crippen LogP contribution in [0.15, 0.2) is 10.9 Å². The lowest BCUT2D eigenvalue weighted by atomic mass is 9.76. The largest absolute Gasteiger partial charge is 0.391 e. The number of hydrogen-bond acceptors (Lipinski definition) is 4. The van der Waals surface area contributed by atoms with Gasteiger partial charge in [0.05, 0.1) is 11.5 Å². The van der Waals surface area contributed by atoms with E-state index in [9.17, 15) is 13.2 Å². The van der Waals surface area contributed by atoms with E-state index in [-0.39, 0.29) is 25.7 Å². The first kappa shape index (κ1) is 11.4. The van der Waals surface area contributed by atoms with E-state index in [0.29, 0.717) is 5.82 Å². The predicted octanol–water partition coefficient (Wildman–Crippen LogP) is 1.98. The van der Waals surface area contributed by atoms with E-state index in [1.54, 1.807) is 0 Å². The fraction of sp³-hybridized carbons (Fsp3) is 0.778. The third kappa shape index (κ3) is 2.04. The standard InChI is InChI=1S/C9H12F3N3O/c10-9(11,12)6-1-3-8(13,4-2-6)7-14-5-16-15-7/h5-6H,1-4,13H2. The number of nitrogens with two attached hydrogens (primary N) is 1. The summed E-state index contributed by atoms with van der Waals surface area (Å²) in [5, 5.41) is 3.61. The van der Waals surface area contributed by atoms with Gasteiger partial charge in [0.25, 0.3) is 0 Å². The lowest BCUT2D eigenvalue weighted by Gasteiger charge is -2.35. The Balaban J connectivity index is 2.05. The molecule has 4 nitrogen and oxygen atoms in total. The molecule has 16 heavy (non-hydrogen) atoms. The summed E-state index contributed by atoms with van der Waals surface area (Å²) in [7, 11) is 0. The summed E-state index contributed by atoms with van der Waals surface area (Å²) in [5.41, 5.74) is 5.11. The van der Waals surface area contributed by atoms with E-state index in [4.69, 9.17) is 5.73 Å². The van der Waals surface area contributed by atoms with Crippen LogP contribution in [0.2, 0.25) is 0 Å². The summed E-state index contributed by atoms with van der Waals surface area (Å²) in [4.78, 5) is 3.81. The molecule has 0 saturated heterocycles. The van der Waals surface area contributed by atoms with Crippen molar-refractivity contribution in [1.29, 1.82) is 0 Å². The summed E-state index contributed by atoms with van der Waals surface area (Å²) in [5.74, 6) is -0.954. The maximum absolute atomic E-state index is 12.4. The Hall–Kier alpha value is -1.11. The highest BCUT2D eigenvalue weighted by Crippen LogP contribution is 2.42. The Morgan fingerprint density at radius 2 is 2.00 bits per heavy atom. The van der Waals surface area contributed by atoms with Crippen molar-refractivity contribution in [3.05, 3.63) is 12.2 Å². The maximum Gasteiger partial charge on any atom is 0.391 e. The van der Waals surface area contributed by atoms with Crippen LogP contribution in [0.1, 0.15) is 31.5 Å². The number of aromatic nitrogens is 2. The van der Waals surface area contributed by atoms with E-state index in [1.807, 2.05) is 0 Å². The molecule has 0 atom stereocenters. The molecule has 2 rings (SSSR count). The third-order valence-electron chi connectivity index (χ3n) is 3.15. The highest BCUT2D eigenvalue weighted by Gasteiger charge is 2.46. The van der Waals surface area contributed by atoms with Gasteiger partial charge in [-0.2, -0.15) is 18.2 Å². The SMILES string of the molecule is NC1(c2ncon2)CCC(C(F)(F)F)CC1. The summed E-state index contributed by atoms with van der Waals surface area (Å²) in [6.07, 6.45) is -2.48. The zero-order chi connectivity index (χ0) is 11.8. The van der Waals surface area contributed by atoms with Crippen LogP contribution in [0.25, 0.3) is 0 Å². The molecule has 1 saturated carbocycles. The molecule has 0 aliphatic heterocycles. The molecule has 7 heteroatoms. The Bertz CT molecular complexity index is 341. The molecule has 0 spiro atoms. The van der Waals surface area contributed by atoms with Crippen LogP contribution in [0.5, 0.6) is 0 Å². The third-order valence-corrected chi connectivity index (χ3v) is 3.15. The average molecular weight is 235 g/mol. The lowest BCUT2D eigenvalue weighted by molar-refractivity contribution is -0.185. The highest BCUT2D eigenvalue weighted by atomic mass is 19.4. The van der Waals surface area contributed by atoms with Gasteiger partial charge < -0.3 is 10.3 Å². The highest BCUT2D eigenvalue weighted by molar-refractivity contribution is 5.04. The van der Waals surface area contributed by atoms with Gasteiger partial charge in [-0.3, -0.25) is 0 Å². The van der Waals surface area contributed by atoms with E-state index >= 15 is 0 Å². The zero-order valence-electron chi connectivity index (χ0n) is 8.50. The van der Waals surface area contributed by atoms with Gasteiger partial charge in [-0.15, -0.1) is 0 Å². The van der Waals surface area contributed by atoms with Crippen molar-refractivity contribution in [3.63, 3.8) is 0 Å². The minimum Gasteiger partial charge on any atom is -0.343 e. The van der Waals surface area contributed by atoms with Crippen LogP contribution < -0.4 is 5.73 Å². The summed E-state index contributed by atoms with van der Waals surface area (Å²) in [6, 6.07) is 0. The van der Waals surface area contributed by atoms with E-state index in [1.165, 1.54) is 0 Å². The lowest BCUT2D eigenvalue weighted by Crippen LogP contribution is -2.43. The van der Waals surface area contributed by atoms with Crippen LogP contribution in [-0.2, 0) is 5.54 Å². The Morgan fingerprint density at radius 1 is 1.38 bits per heavy atom. The van der Waals surface area contributed by atoms with Gasteiger partial charge in [0.1, 0.15) is 0 Å². The smallest absolute Gasteiger partial charge is 0.343 e. The molecule has 2 N–H and O–H groups in total. The van der Waals surface area contributed by atoms with Gasteiger partial charge in [-0.05, 0) is 25.7 Å². The Kier molecular flexibility index (Phi) is 2.65. The minimum atomic E-state index is -4.13. The zero-order valence-corrected chi connectivity index (χ0v) is 8.50. The van der Waals surface area contributed by atoms with Crippen LogP contribution in [0.3, 0.4) is 0 Å². The Morgan fingerprint density at radius 3 is 2.44 bits per heavy atom. The second-order valence-electron chi connectivity index (χ2n) is 4.23. The molecule has 0 unspecified atom stereocenters. The first-order chi connectivity index (χ1) is 7.42. The van der Waals surface area contributed by atoms with Crippen molar-refractivity contribution in [2.75, 3.05) is 0 Å². The molecule has 1 aliphatic rings. The number of alkyl halides is 3. The predicted molar refractivity (Wildman–Crippen MR) is 48.2 cm³/mol. The molecule has 1 aliphatic carbocycles. The van der Waals surface area contributed by atoms with Gasteiger partial charge in [0, 0.05) is 0 Å². The van der Waals surface area contributed by atoms with E-state index < -0.39 is 17.6 Å². The molecule has 0 bridgehead atoms. The molecule has 1 aromatic rings. The molecular weight excluding hydrogens is 223 g/mol. The molecule has 1 heterocycles. The molecule has 1 fully saturated rings.